The van der Waals surface area contributed by atoms with Gasteiger partial charge in [-0.15, -0.1) is 0 Å². The van der Waals surface area contributed by atoms with E-state index in [-0.39, 0.29) is 17.6 Å². The van der Waals surface area contributed by atoms with E-state index in [0.29, 0.717) is 11.4 Å². The highest BCUT2D eigenvalue weighted by Crippen LogP contribution is 2.73. The van der Waals surface area contributed by atoms with Gasteiger partial charge in [-0.25, -0.2) is 4.90 Å². The number of allylic oxidation sites excluding steroid dienone is 2. The molecule has 1 heterocycles. The van der Waals surface area contributed by atoms with E-state index < -0.39 is 22.7 Å². The number of methoxy groups -OCH3 is 1. The van der Waals surface area contributed by atoms with Crippen LogP contribution in [0.25, 0.3) is 11.1 Å². The van der Waals surface area contributed by atoms with E-state index in [1.807, 2.05) is 74.5 Å². The maximum atomic E-state index is 14.2. The van der Waals surface area contributed by atoms with Crippen LogP contribution in [0.5, 0.6) is 5.75 Å². The molecule has 0 unspecified atom stereocenters. The molecule has 2 fully saturated rings. The van der Waals surface area contributed by atoms with Crippen molar-refractivity contribution < 1.29 is 19.1 Å². The number of carbonyl (C=O) groups is 3. The normalized spacial score (nSPS) is 29.2. The van der Waals surface area contributed by atoms with Gasteiger partial charge in [0, 0.05) is 0 Å². The lowest BCUT2D eigenvalue weighted by Crippen LogP contribution is -2.40. The summed E-state index contributed by atoms with van der Waals surface area (Å²) in [5.74, 6) is -1.54. The van der Waals surface area contributed by atoms with Crippen molar-refractivity contribution in [3.8, 4) is 5.75 Å². The number of benzene rings is 3. The molecule has 35 heavy (non-hydrogen) atoms. The first kappa shape index (κ1) is 21.5. The summed E-state index contributed by atoms with van der Waals surface area (Å²) in [4.78, 5) is 43.4. The molecule has 174 valence electrons. The summed E-state index contributed by atoms with van der Waals surface area (Å²) in [7, 11) is 1.57. The van der Waals surface area contributed by atoms with E-state index in [4.69, 9.17) is 4.74 Å². The molecule has 1 saturated heterocycles. The smallest absolute Gasteiger partial charge is 0.239 e. The lowest BCUT2D eigenvalue weighted by molar-refractivity contribution is -0.133. The van der Waals surface area contributed by atoms with Gasteiger partial charge in [0.15, 0.2) is 5.78 Å². The summed E-state index contributed by atoms with van der Waals surface area (Å²) in [5.41, 5.74) is 1.81. The SMILES string of the molecule is COc1ccc(N2C(=O)[C@@H]3[C@H](C2=O)[C@]2(C)C(=O)[C@@]3(C)C(c3ccccc3)=C2c2ccccc2)cc1. The van der Waals surface area contributed by atoms with Gasteiger partial charge in [-0.05, 0) is 60.4 Å². The van der Waals surface area contributed by atoms with Gasteiger partial charge in [-0.1, -0.05) is 60.7 Å². The van der Waals surface area contributed by atoms with Gasteiger partial charge in [-0.3, -0.25) is 14.4 Å². The number of ether oxygens (including phenoxy) is 1. The maximum absolute atomic E-state index is 14.2. The fourth-order valence-corrected chi connectivity index (χ4v) is 6.80. The minimum Gasteiger partial charge on any atom is -0.497 e. The first-order valence-electron chi connectivity index (χ1n) is 11.8. The molecule has 0 radical (unpaired) electrons. The van der Waals surface area contributed by atoms with Gasteiger partial charge in [-0.2, -0.15) is 0 Å². The van der Waals surface area contributed by atoms with Crippen molar-refractivity contribution in [1.82, 2.24) is 0 Å². The second-order valence-electron chi connectivity index (χ2n) is 9.88. The van der Waals surface area contributed by atoms with Gasteiger partial charge >= 0.3 is 0 Å². The summed E-state index contributed by atoms with van der Waals surface area (Å²) in [6.45, 7) is 3.72. The molecule has 3 aromatic rings. The van der Waals surface area contributed by atoms with Crippen LogP contribution in [0.1, 0.15) is 25.0 Å². The fraction of sp³-hybridized carbons (Fsp3) is 0.233. The molecule has 1 saturated carbocycles. The van der Waals surface area contributed by atoms with E-state index in [1.165, 1.54) is 4.90 Å². The Hall–Kier alpha value is -3.99. The summed E-state index contributed by atoms with van der Waals surface area (Å²) < 4.78 is 5.24. The number of imide groups is 1. The molecule has 0 aromatic heterocycles. The molecule has 6 rings (SSSR count). The van der Waals surface area contributed by atoms with Crippen LogP contribution in [-0.2, 0) is 14.4 Å². The highest BCUT2D eigenvalue weighted by atomic mass is 16.5. The van der Waals surface area contributed by atoms with E-state index >= 15 is 0 Å². The molecule has 2 bridgehead atoms. The zero-order chi connectivity index (χ0) is 24.5. The van der Waals surface area contributed by atoms with Gasteiger partial charge in [0.2, 0.25) is 11.8 Å². The Morgan fingerprint density at radius 3 is 1.49 bits per heavy atom. The maximum Gasteiger partial charge on any atom is 0.239 e. The largest absolute Gasteiger partial charge is 0.497 e. The minimum atomic E-state index is -1.11. The Bertz CT molecular complexity index is 1330. The molecule has 2 amide bonds. The number of hydrogen-bond donors (Lipinski definition) is 0. The second kappa shape index (κ2) is 7.25. The minimum absolute atomic E-state index is 0.0474. The summed E-state index contributed by atoms with van der Waals surface area (Å²) in [5, 5.41) is 0. The number of hydrogen-bond acceptors (Lipinski definition) is 4. The van der Waals surface area contributed by atoms with Crippen LogP contribution in [0.15, 0.2) is 84.9 Å². The molecular weight excluding hydrogens is 438 g/mol. The van der Waals surface area contributed by atoms with E-state index in [0.717, 1.165) is 22.3 Å². The predicted molar refractivity (Wildman–Crippen MR) is 133 cm³/mol. The van der Waals surface area contributed by atoms with E-state index in [9.17, 15) is 14.4 Å². The first-order valence-corrected chi connectivity index (χ1v) is 11.8. The number of amides is 2. The van der Waals surface area contributed by atoms with Crippen LogP contribution in [0.4, 0.5) is 5.69 Å². The van der Waals surface area contributed by atoms with Crippen molar-refractivity contribution in [3.63, 3.8) is 0 Å². The number of anilines is 1. The van der Waals surface area contributed by atoms with Crippen molar-refractivity contribution in [3.05, 3.63) is 96.1 Å². The Balaban J connectivity index is 1.59. The monoisotopic (exact) mass is 463 g/mol. The summed E-state index contributed by atoms with van der Waals surface area (Å²) in [6, 6.07) is 26.5. The number of fused-ring (bicyclic) bond motifs is 5. The third kappa shape index (κ3) is 2.55. The molecular formula is C30H25NO4. The first-order chi connectivity index (χ1) is 16.8. The van der Waals surface area contributed by atoms with Crippen LogP contribution < -0.4 is 9.64 Å². The van der Waals surface area contributed by atoms with Crippen LogP contribution in [0.2, 0.25) is 0 Å². The average Bonchev–Trinajstić information content (AvgIpc) is 3.34. The Labute approximate surface area is 204 Å². The van der Waals surface area contributed by atoms with Crippen LogP contribution >= 0.6 is 0 Å². The van der Waals surface area contributed by atoms with Crippen LogP contribution in [-0.4, -0.2) is 24.7 Å². The Kier molecular flexibility index (Phi) is 4.46. The highest BCUT2D eigenvalue weighted by molar-refractivity contribution is 6.34. The molecule has 3 aliphatic rings. The third-order valence-electron chi connectivity index (χ3n) is 8.24. The number of Topliss-reactive ketones (excluding diaryl/α,β-unsaturated/α-hetero) is 1. The number of ketones is 1. The fourth-order valence-electron chi connectivity index (χ4n) is 6.80. The van der Waals surface area contributed by atoms with Gasteiger partial charge < -0.3 is 4.74 Å². The van der Waals surface area contributed by atoms with Gasteiger partial charge in [0.05, 0.1) is 35.5 Å². The van der Waals surface area contributed by atoms with E-state index in [2.05, 4.69) is 0 Å². The molecule has 0 N–H and O–H groups in total. The molecule has 0 spiro atoms. The zero-order valence-corrected chi connectivity index (χ0v) is 19.8. The number of carbonyl (C=O) groups excluding carboxylic acids is 3. The van der Waals surface area contributed by atoms with Crippen LogP contribution in [0.3, 0.4) is 0 Å². The quantitative estimate of drug-likeness (QED) is 0.510. The van der Waals surface area contributed by atoms with Crippen molar-refractivity contribution in [2.45, 2.75) is 13.8 Å². The molecule has 4 atom stereocenters. The lowest BCUT2D eigenvalue weighted by Gasteiger charge is -2.35. The van der Waals surface area contributed by atoms with Gasteiger partial charge in [0.1, 0.15) is 5.75 Å². The van der Waals surface area contributed by atoms with Crippen molar-refractivity contribution in [2.75, 3.05) is 12.0 Å². The number of rotatable bonds is 4. The molecule has 1 aliphatic heterocycles. The van der Waals surface area contributed by atoms with Crippen molar-refractivity contribution in [1.29, 1.82) is 0 Å². The predicted octanol–water partition coefficient (Wildman–Crippen LogP) is 5.02. The third-order valence-corrected chi connectivity index (χ3v) is 8.24. The summed E-state index contributed by atoms with van der Waals surface area (Å²) in [6.07, 6.45) is 0. The Morgan fingerprint density at radius 2 is 1.09 bits per heavy atom. The molecule has 2 aliphatic carbocycles. The zero-order valence-electron chi connectivity index (χ0n) is 19.8. The second-order valence-corrected chi connectivity index (χ2v) is 9.88. The standard InChI is InChI=1S/C30H25NO4/c1-29-22(18-10-6-4-7-11-18)23(19-12-8-5-9-13-19)30(2,28(29)34)25-24(29)26(32)31(27(25)33)20-14-16-21(35-3)17-15-20/h4-17,24-25H,1-3H3/t24-,25+,29-,30+. The van der Waals surface area contributed by atoms with Crippen molar-refractivity contribution >= 4 is 34.4 Å². The molecule has 3 aromatic carbocycles. The summed E-state index contributed by atoms with van der Waals surface area (Å²) >= 11 is 0. The highest BCUT2D eigenvalue weighted by Gasteiger charge is 2.78. The Morgan fingerprint density at radius 1 is 0.657 bits per heavy atom. The van der Waals surface area contributed by atoms with E-state index in [1.54, 1.807) is 31.4 Å². The number of nitrogens with zero attached hydrogens (tertiary/aromatic N) is 1. The lowest BCUT2D eigenvalue weighted by atomic mass is 9.63. The average molecular weight is 464 g/mol. The van der Waals surface area contributed by atoms with Gasteiger partial charge in [0.25, 0.3) is 0 Å². The topological polar surface area (TPSA) is 63.7 Å². The molecule has 5 nitrogen and oxygen atoms in total. The van der Waals surface area contributed by atoms with Crippen LogP contribution in [0, 0.1) is 22.7 Å². The molecule has 5 heteroatoms. The van der Waals surface area contributed by atoms with Crippen molar-refractivity contribution in [2.24, 2.45) is 22.7 Å².